The molecule has 3 N–H and O–H groups in total. The standard InChI is InChI=1S/C28H35N5O3/c1-33(2)25-18-26(31-23-12-8-7-11-22(23)25)29-20-13-15-21(16-14-20)30-28(35)32-24(27(34)36-3)17-19-9-5-4-6-10-19/h4-12,18,20-21,24H,13-17H2,1-3H3,(H,29,31)(H2,30,32,35)/t20?,21?,24-/m0/s1. The van der Waals surface area contributed by atoms with Crippen molar-refractivity contribution in [2.24, 2.45) is 0 Å². The molecule has 0 radical (unpaired) electrons. The number of carbonyl (C=O) groups is 2. The number of esters is 1. The topological polar surface area (TPSA) is 95.6 Å². The van der Waals surface area contributed by atoms with Crippen LogP contribution < -0.4 is 20.9 Å². The van der Waals surface area contributed by atoms with Crippen LogP contribution in [0.1, 0.15) is 31.2 Å². The molecule has 1 fully saturated rings. The van der Waals surface area contributed by atoms with Crippen LogP contribution in [0.3, 0.4) is 0 Å². The number of fused-ring (bicyclic) bond motifs is 1. The Labute approximate surface area is 212 Å². The molecule has 1 aromatic heterocycles. The largest absolute Gasteiger partial charge is 0.467 e. The lowest BCUT2D eigenvalue weighted by Crippen LogP contribution is -2.51. The van der Waals surface area contributed by atoms with Crippen molar-refractivity contribution in [1.29, 1.82) is 0 Å². The summed E-state index contributed by atoms with van der Waals surface area (Å²) in [4.78, 5) is 31.8. The lowest BCUT2D eigenvalue weighted by Gasteiger charge is -2.30. The van der Waals surface area contributed by atoms with Crippen LogP contribution in [-0.4, -0.2) is 56.3 Å². The first-order valence-corrected chi connectivity index (χ1v) is 12.5. The number of carbonyl (C=O) groups excluding carboxylic acids is 2. The van der Waals surface area contributed by atoms with Gasteiger partial charge in [-0.2, -0.15) is 0 Å². The zero-order valence-electron chi connectivity index (χ0n) is 21.2. The van der Waals surface area contributed by atoms with Crippen molar-refractivity contribution in [3.63, 3.8) is 0 Å². The van der Waals surface area contributed by atoms with Gasteiger partial charge in [-0.1, -0.05) is 48.5 Å². The van der Waals surface area contributed by atoms with Crippen molar-refractivity contribution in [2.45, 2.75) is 50.2 Å². The number of anilines is 2. The Kier molecular flexibility index (Phi) is 8.25. The highest BCUT2D eigenvalue weighted by Crippen LogP contribution is 2.29. The number of nitrogens with one attached hydrogen (secondary N) is 3. The third-order valence-corrected chi connectivity index (χ3v) is 6.66. The first-order valence-electron chi connectivity index (χ1n) is 12.5. The molecule has 0 bridgehead atoms. The zero-order valence-corrected chi connectivity index (χ0v) is 21.2. The molecular formula is C28H35N5O3. The normalized spacial score (nSPS) is 18.2. The number of urea groups is 1. The predicted octanol–water partition coefficient (Wildman–Crippen LogP) is 4.11. The highest BCUT2D eigenvalue weighted by molar-refractivity contribution is 5.93. The summed E-state index contributed by atoms with van der Waals surface area (Å²) >= 11 is 0. The number of para-hydroxylation sites is 1. The second-order valence-electron chi connectivity index (χ2n) is 9.51. The number of hydrogen-bond acceptors (Lipinski definition) is 6. The van der Waals surface area contributed by atoms with E-state index in [1.165, 1.54) is 7.11 Å². The summed E-state index contributed by atoms with van der Waals surface area (Å²) in [5.74, 6) is 0.412. The van der Waals surface area contributed by atoms with Gasteiger partial charge in [0.2, 0.25) is 0 Å². The molecule has 3 aromatic rings. The Morgan fingerprint density at radius 2 is 1.67 bits per heavy atom. The van der Waals surface area contributed by atoms with Gasteiger partial charge in [-0.05, 0) is 37.3 Å². The molecule has 8 heteroatoms. The Hall–Kier alpha value is -3.81. The third-order valence-electron chi connectivity index (χ3n) is 6.66. The van der Waals surface area contributed by atoms with Gasteiger partial charge in [-0.25, -0.2) is 14.6 Å². The molecule has 190 valence electrons. The van der Waals surface area contributed by atoms with E-state index in [0.29, 0.717) is 6.42 Å². The number of benzene rings is 2. The number of nitrogens with zero attached hydrogens (tertiary/aromatic N) is 2. The van der Waals surface area contributed by atoms with Crippen molar-refractivity contribution < 1.29 is 14.3 Å². The van der Waals surface area contributed by atoms with Crippen LogP contribution >= 0.6 is 0 Å². The van der Waals surface area contributed by atoms with E-state index < -0.39 is 12.0 Å². The summed E-state index contributed by atoms with van der Waals surface area (Å²) in [5.41, 5.74) is 3.05. The quantitative estimate of drug-likeness (QED) is 0.412. The molecule has 1 saturated carbocycles. The van der Waals surface area contributed by atoms with Gasteiger partial charge in [0, 0.05) is 49.7 Å². The molecule has 36 heavy (non-hydrogen) atoms. The van der Waals surface area contributed by atoms with Gasteiger partial charge in [0.1, 0.15) is 11.9 Å². The molecule has 1 atom stereocenters. The van der Waals surface area contributed by atoms with Crippen LogP contribution in [0.25, 0.3) is 10.9 Å². The van der Waals surface area contributed by atoms with Crippen LogP contribution in [0.4, 0.5) is 16.3 Å². The van der Waals surface area contributed by atoms with Crippen LogP contribution in [-0.2, 0) is 16.0 Å². The third kappa shape index (κ3) is 6.44. The van der Waals surface area contributed by atoms with Crippen molar-refractivity contribution in [3.05, 3.63) is 66.2 Å². The van der Waals surface area contributed by atoms with Crippen molar-refractivity contribution in [2.75, 3.05) is 31.4 Å². The average molecular weight is 490 g/mol. The summed E-state index contributed by atoms with van der Waals surface area (Å²) in [5, 5.41) is 10.6. The van der Waals surface area contributed by atoms with Crippen LogP contribution in [0, 0.1) is 0 Å². The maximum atomic E-state index is 12.7. The molecule has 1 heterocycles. The minimum Gasteiger partial charge on any atom is -0.467 e. The molecule has 1 aliphatic carbocycles. The molecular weight excluding hydrogens is 454 g/mol. The fourth-order valence-corrected chi connectivity index (χ4v) is 4.76. The fraction of sp³-hybridized carbons (Fsp3) is 0.393. The van der Waals surface area contributed by atoms with E-state index in [1.807, 2.05) is 62.6 Å². The van der Waals surface area contributed by atoms with E-state index in [1.54, 1.807) is 0 Å². The van der Waals surface area contributed by atoms with Gasteiger partial charge in [0.05, 0.1) is 12.6 Å². The first kappa shape index (κ1) is 25.3. The summed E-state index contributed by atoms with van der Waals surface area (Å²) in [7, 11) is 5.41. The number of amides is 2. The molecule has 0 unspecified atom stereocenters. The monoisotopic (exact) mass is 489 g/mol. The van der Waals surface area contributed by atoms with Crippen LogP contribution in [0.5, 0.6) is 0 Å². The zero-order chi connectivity index (χ0) is 25.5. The Morgan fingerprint density at radius 3 is 2.36 bits per heavy atom. The number of methoxy groups -OCH3 is 1. The molecule has 0 spiro atoms. The second-order valence-corrected chi connectivity index (χ2v) is 9.51. The van der Waals surface area contributed by atoms with E-state index in [9.17, 15) is 9.59 Å². The van der Waals surface area contributed by atoms with Crippen LogP contribution in [0.15, 0.2) is 60.7 Å². The maximum Gasteiger partial charge on any atom is 0.328 e. The van der Waals surface area contributed by atoms with Gasteiger partial charge in [0.15, 0.2) is 0 Å². The number of ether oxygens (including phenoxy) is 1. The second kappa shape index (κ2) is 11.7. The van der Waals surface area contributed by atoms with Gasteiger partial charge in [-0.3, -0.25) is 0 Å². The highest BCUT2D eigenvalue weighted by atomic mass is 16.5. The Bertz CT molecular complexity index is 1180. The SMILES string of the molecule is COC(=O)[C@H](Cc1ccccc1)NC(=O)NC1CCC(Nc2cc(N(C)C)c3ccccc3n2)CC1. The molecule has 8 nitrogen and oxygen atoms in total. The predicted molar refractivity (Wildman–Crippen MR) is 143 cm³/mol. The van der Waals surface area contributed by atoms with E-state index >= 15 is 0 Å². The summed E-state index contributed by atoms with van der Waals surface area (Å²) in [6.07, 6.45) is 3.91. The van der Waals surface area contributed by atoms with E-state index in [0.717, 1.165) is 53.7 Å². The Morgan fingerprint density at radius 1 is 1.00 bits per heavy atom. The smallest absolute Gasteiger partial charge is 0.328 e. The minimum atomic E-state index is -0.736. The van der Waals surface area contributed by atoms with E-state index in [2.05, 4.69) is 33.0 Å². The molecule has 1 aliphatic rings. The molecule has 2 amide bonds. The van der Waals surface area contributed by atoms with Gasteiger partial charge in [0.25, 0.3) is 0 Å². The molecule has 4 rings (SSSR count). The minimum absolute atomic E-state index is 0.0555. The van der Waals surface area contributed by atoms with Crippen molar-refractivity contribution in [1.82, 2.24) is 15.6 Å². The highest BCUT2D eigenvalue weighted by Gasteiger charge is 2.26. The average Bonchev–Trinajstić information content (AvgIpc) is 2.89. The Balaban J connectivity index is 1.30. The molecule has 2 aromatic carbocycles. The summed E-state index contributed by atoms with van der Waals surface area (Å²) in [6, 6.07) is 19.1. The number of pyridine rings is 1. The number of aromatic nitrogens is 1. The number of rotatable bonds is 8. The van der Waals surface area contributed by atoms with Gasteiger partial charge >= 0.3 is 12.0 Å². The molecule has 0 saturated heterocycles. The van der Waals surface area contributed by atoms with E-state index in [4.69, 9.17) is 9.72 Å². The summed E-state index contributed by atoms with van der Waals surface area (Å²) < 4.78 is 4.90. The first-order chi connectivity index (χ1) is 17.4. The van der Waals surface area contributed by atoms with Crippen LogP contribution in [0.2, 0.25) is 0 Å². The maximum absolute atomic E-state index is 12.7. The lowest BCUT2D eigenvalue weighted by molar-refractivity contribution is -0.142. The van der Waals surface area contributed by atoms with E-state index in [-0.39, 0.29) is 18.1 Å². The van der Waals surface area contributed by atoms with Gasteiger partial charge in [-0.15, -0.1) is 0 Å². The number of hydrogen-bond donors (Lipinski definition) is 3. The fourth-order valence-electron chi connectivity index (χ4n) is 4.76. The molecule has 0 aliphatic heterocycles. The van der Waals surface area contributed by atoms with Gasteiger partial charge < -0.3 is 25.6 Å². The summed E-state index contributed by atoms with van der Waals surface area (Å²) in [6.45, 7) is 0. The van der Waals surface area contributed by atoms with Crippen molar-refractivity contribution in [3.8, 4) is 0 Å². The van der Waals surface area contributed by atoms with Crippen molar-refractivity contribution >= 4 is 34.4 Å². The lowest BCUT2D eigenvalue weighted by atomic mass is 9.91.